The topological polar surface area (TPSA) is 26.0 Å². The van der Waals surface area contributed by atoms with Crippen LogP contribution in [0, 0.1) is 11.6 Å². The molecule has 1 nitrogen and oxygen atoms in total. The van der Waals surface area contributed by atoms with E-state index in [1.807, 2.05) is 18.2 Å². The Kier molecular flexibility index (Phi) is 4.80. The van der Waals surface area contributed by atoms with Gasteiger partial charge in [0.15, 0.2) is 0 Å². The van der Waals surface area contributed by atoms with E-state index >= 15 is 0 Å². The van der Waals surface area contributed by atoms with Gasteiger partial charge in [-0.15, -0.1) is 11.8 Å². The molecule has 0 aliphatic rings. The first kappa shape index (κ1) is 14.3. The van der Waals surface area contributed by atoms with Crippen molar-refractivity contribution in [2.45, 2.75) is 10.9 Å². The normalized spacial score (nSPS) is 12.4. The molecule has 0 amide bonds. The zero-order valence-corrected chi connectivity index (χ0v) is 11.5. The summed E-state index contributed by atoms with van der Waals surface area (Å²) in [6.45, 7) is 0. The van der Waals surface area contributed by atoms with Gasteiger partial charge < -0.3 is 5.73 Å². The third-order valence-corrected chi connectivity index (χ3v) is 4.25. The van der Waals surface area contributed by atoms with Crippen molar-refractivity contribution < 1.29 is 8.78 Å². The van der Waals surface area contributed by atoms with E-state index in [2.05, 4.69) is 0 Å². The third kappa shape index (κ3) is 3.69. The van der Waals surface area contributed by atoms with Crippen molar-refractivity contribution in [1.29, 1.82) is 0 Å². The number of hydrogen-bond donors (Lipinski definition) is 1. The van der Waals surface area contributed by atoms with E-state index < -0.39 is 17.7 Å². The molecule has 0 aliphatic carbocycles. The van der Waals surface area contributed by atoms with Gasteiger partial charge in [0, 0.05) is 22.3 Å². The summed E-state index contributed by atoms with van der Waals surface area (Å²) < 4.78 is 26.6. The maximum Gasteiger partial charge on any atom is 0.128 e. The van der Waals surface area contributed by atoms with Gasteiger partial charge in [-0.1, -0.05) is 23.7 Å². The summed E-state index contributed by atoms with van der Waals surface area (Å²) in [7, 11) is 0. The average molecular weight is 300 g/mol. The lowest BCUT2D eigenvalue weighted by Crippen LogP contribution is -2.15. The van der Waals surface area contributed by atoms with Gasteiger partial charge >= 0.3 is 0 Å². The highest BCUT2D eigenvalue weighted by molar-refractivity contribution is 7.99. The maximum absolute atomic E-state index is 13.5. The predicted molar refractivity (Wildman–Crippen MR) is 75.5 cm³/mol. The van der Waals surface area contributed by atoms with Gasteiger partial charge in [0.25, 0.3) is 0 Å². The first-order valence-corrected chi connectivity index (χ1v) is 7.02. The molecule has 2 rings (SSSR count). The molecular weight excluding hydrogens is 288 g/mol. The first-order valence-electron chi connectivity index (χ1n) is 5.66. The molecule has 0 bridgehead atoms. The molecule has 0 heterocycles. The number of halogens is 3. The van der Waals surface area contributed by atoms with Crippen molar-refractivity contribution >= 4 is 23.4 Å². The molecule has 0 aliphatic heterocycles. The fraction of sp³-hybridized carbons (Fsp3) is 0.143. The monoisotopic (exact) mass is 299 g/mol. The summed E-state index contributed by atoms with van der Waals surface area (Å²) in [6, 6.07) is 10.0. The number of benzene rings is 2. The largest absolute Gasteiger partial charge is 0.323 e. The number of thioether (sulfide) groups is 1. The van der Waals surface area contributed by atoms with Crippen LogP contribution in [0.1, 0.15) is 11.6 Å². The van der Waals surface area contributed by atoms with Crippen LogP contribution in [0.5, 0.6) is 0 Å². The van der Waals surface area contributed by atoms with Crippen molar-refractivity contribution in [2.75, 3.05) is 5.75 Å². The summed E-state index contributed by atoms with van der Waals surface area (Å²) in [5.74, 6) is -0.562. The fourth-order valence-electron chi connectivity index (χ4n) is 1.63. The van der Waals surface area contributed by atoms with Crippen LogP contribution in [-0.4, -0.2) is 5.75 Å². The van der Waals surface area contributed by atoms with Gasteiger partial charge in [-0.25, -0.2) is 8.78 Å². The second-order valence-corrected chi connectivity index (χ2v) is 5.48. The minimum absolute atomic E-state index is 0.180. The van der Waals surface area contributed by atoms with Crippen LogP contribution in [0.4, 0.5) is 8.78 Å². The molecule has 19 heavy (non-hydrogen) atoms. The average Bonchev–Trinajstić information content (AvgIpc) is 2.40. The maximum atomic E-state index is 13.5. The molecule has 0 aromatic heterocycles. The van der Waals surface area contributed by atoms with E-state index in [9.17, 15) is 8.78 Å². The predicted octanol–water partition coefficient (Wildman–Crippen LogP) is 4.41. The van der Waals surface area contributed by atoms with E-state index in [4.69, 9.17) is 17.3 Å². The van der Waals surface area contributed by atoms with Crippen molar-refractivity contribution in [3.63, 3.8) is 0 Å². The Morgan fingerprint density at radius 3 is 2.63 bits per heavy atom. The Labute approximate surface area is 119 Å². The highest BCUT2D eigenvalue weighted by Crippen LogP contribution is 2.30. The van der Waals surface area contributed by atoms with Crippen molar-refractivity contribution in [3.05, 3.63) is 64.7 Å². The van der Waals surface area contributed by atoms with E-state index in [0.29, 0.717) is 10.8 Å². The molecule has 1 unspecified atom stereocenters. The summed E-state index contributed by atoms with van der Waals surface area (Å²) in [5, 5.41) is 0.624. The zero-order chi connectivity index (χ0) is 13.8. The second-order valence-electron chi connectivity index (χ2n) is 4.01. The molecule has 2 aromatic rings. The summed E-state index contributed by atoms with van der Waals surface area (Å²) in [5.41, 5.74) is 6.07. The molecule has 0 spiro atoms. The lowest BCUT2D eigenvalue weighted by atomic mass is 10.1. The lowest BCUT2D eigenvalue weighted by molar-refractivity contribution is 0.573. The number of nitrogens with two attached hydrogens (primary N) is 1. The van der Waals surface area contributed by atoms with Gasteiger partial charge in [-0.2, -0.15) is 0 Å². The molecule has 0 fully saturated rings. The third-order valence-electron chi connectivity index (χ3n) is 2.61. The highest BCUT2D eigenvalue weighted by Gasteiger charge is 2.13. The van der Waals surface area contributed by atoms with Crippen molar-refractivity contribution in [2.24, 2.45) is 5.73 Å². The van der Waals surface area contributed by atoms with Crippen LogP contribution in [0.25, 0.3) is 0 Å². The van der Waals surface area contributed by atoms with Gasteiger partial charge in [-0.05, 0) is 30.3 Å². The molecule has 1 atom stereocenters. The first-order chi connectivity index (χ1) is 9.08. The standard InChI is InChI=1S/C14H12ClF2NS/c15-11-3-1-2-4-14(11)19-8-13(18)10-7-9(16)5-6-12(10)17/h1-7,13H,8,18H2. The number of rotatable bonds is 4. The van der Waals surface area contributed by atoms with Crippen LogP contribution in [0.2, 0.25) is 5.02 Å². The van der Waals surface area contributed by atoms with Crippen LogP contribution < -0.4 is 5.73 Å². The molecule has 5 heteroatoms. The smallest absolute Gasteiger partial charge is 0.128 e. The summed E-state index contributed by atoms with van der Waals surface area (Å²) >= 11 is 7.43. The molecular formula is C14H12ClF2NS. The number of hydrogen-bond acceptors (Lipinski definition) is 2. The lowest BCUT2D eigenvalue weighted by Gasteiger charge is -2.13. The SMILES string of the molecule is NC(CSc1ccccc1Cl)c1cc(F)ccc1F. The van der Waals surface area contributed by atoms with Crippen LogP contribution in [-0.2, 0) is 0 Å². The molecule has 0 saturated heterocycles. The summed E-state index contributed by atoms with van der Waals surface area (Å²) in [4.78, 5) is 0.872. The van der Waals surface area contributed by atoms with Crippen molar-refractivity contribution in [3.8, 4) is 0 Å². The highest BCUT2D eigenvalue weighted by atomic mass is 35.5. The Hall–Kier alpha value is -1.10. The van der Waals surface area contributed by atoms with Gasteiger partial charge in [-0.3, -0.25) is 0 Å². The minimum atomic E-state index is -0.586. The minimum Gasteiger partial charge on any atom is -0.323 e. The molecule has 100 valence electrons. The molecule has 0 saturated carbocycles. The summed E-state index contributed by atoms with van der Waals surface area (Å²) in [6.07, 6.45) is 0. The van der Waals surface area contributed by atoms with E-state index in [0.717, 1.165) is 23.1 Å². The Bertz CT molecular complexity index is 577. The second kappa shape index (κ2) is 6.37. The van der Waals surface area contributed by atoms with E-state index in [1.54, 1.807) is 6.07 Å². The Balaban J connectivity index is 2.07. The van der Waals surface area contributed by atoms with Crippen LogP contribution in [0.15, 0.2) is 47.4 Å². The van der Waals surface area contributed by atoms with E-state index in [-0.39, 0.29) is 5.56 Å². The van der Waals surface area contributed by atoms with E-state index in [1.165, 1.54) is 11.8 Å². The van der Waals surface area contributed by atoms with Crippen LogP contribution >= 0.6 is 23.4 Å². The van der Waals surface area contributed by atoms with Gasteiger partial charge in [0.2, 0.25) is 0 Å². The molecule has 2 aromatic carbocycles. The van der Waals surface area contributed by atoms with Gasteiger partial charge in [0.1, 0.15) is 11.6 Å². The Morgan fingerprint density at radius 1 is 1.16 bits per heavy atom. The van der Waals surface area contributed by atoms with Gasteiger partial charge in [0.05, 0.1) is 5.02 Å². The zero-order valence-electron chi connectivity index (χ0n) is 9.95. The quantitative estimate of drug-likeness (QED) is 0.846. The molecule has 2 N–H and O–H groups in total. The van der Waals surface area contributed by atoms with Crippen molar-refractivity contribution in [1.82, 2.24) is 0 Å². The Morgan fingerprint density at radius 2 is 1.89 bits per heavy atom. The van der Waals surface area contributed by atoms with Crippen LogP contribution in [0.3, 0.4) is 0 Å². The molecule has 0 radical (unpaired) electrons. The fourth-order valence-corrected chi connectivity index (χ4v) is 2.85.